The largest absolute Gasteiger partial charge is 0.496 e. The standard InChI is InChI=1S/C25H35BO7/c1-23(2)15-10-18(23)25(5)19(11-15)32-26(33-25)12-14(13-28-6)16-8-9-17(29-7)20-21(16)30-24(3,4)31-22(20)27/h8-9,14-15,18-19H,10-13H2,1-7H3/t14?,15?,18?,19?,25-/m0/s1. The van der Waals surface area contributed by atoms with Crippen molar-refractivity contribution >= 4 is 13.1 Å². The van der Waals surface area contributed by atoms with E-state index in [1.807, 2.05) is 6.07 Å². The van der Waals surface area contributed by atoms with Gasteiger partial charge in [-0.05, 0) is 49.4 Å². The molecule has 2 aliphatic heterocycles. The number of carbonyl (C=O) groups excluding carboxylic acids is 1. The summed E-state index contributed by atoms with van der Waals surface area (Å²) in [5, 5.41) is 0. The highest BCUT2D eigenvalue weighted by molar-refractivity contribution is 6.45. The van der Waals surface area contributed by atoms with E-state index in [9.17, 15) is 4.79 Å². The van der Waals surface area contributed by atoms with Crippen LogP contribution < -0.4 is 9.47 Å². The molecule has 5 aliphatic rings. The van der Waals surface area contributed by atoms with Gasteiger partial charge in [0.2, 0.25) is 5.79 Å². The molecule has 2 bridgehead atoms. The summed E-state index contributed by atoms with van der Waals surface area (Å²) in [6.45, 7) is 10.8. The lowest BCUT2D eigenvalue weighted by Gasteiger charge is -2.64. The highest BCUT2D eigenvalue weighted by atomic mass is 16.7. The molecule has 5 atom stereocenters. The van der Waals surface area contributed by atoms with Crippen LogP contribution in [0.3, 0.4) is 0 Å². The summed E-state index contributed by atoms with van der Waals surface area (Å²) >= 11 is 0. The average Bonchev–Trinajstić information content (AvgIpc) is 3.07. The second-order valence-corrected chi connectivity index (χ2v) is 11.2. The van der Waals surface area contributed by atoms with Gasteiger partial charge in [-0.3, -0.25) is 0 Å². The molecule has 33 heavy (non-hydrogen) atoms. The highest BCUT2D eigenvalue weighted by Gasteiger charge is 2.67. The molecule has 6 rings (SSSR count). The molecule has 1 saturated heterocycles. The zero-order chi connectivity index (χ0) is 23.8. The summed E-state index contributed by atoms with van der Waals surface area (Å²) in [5.41, 5.74) is 1.22. The smallest absolute Gasteiger partial charge is 0.458 e. The Hall–Kier alpha value is -1.77. The van der Waals surface area contributed by atoms with Crippen molar-refractivity contribution < 1.29 is 33.1 Å². The highest BCUT2D eigenvalue weighted by Crippen LogP contribution is 2.66. The van der Waals surface area contributed by atoms with Crippen LogP contribution in [0, 0.1) is 17.3 Å². The molecule has 0 spiro atoms. The number of hydrogen-bond donors (Lipinski definition) is 0. The fourth-order valence-corrected chi connectivity index (χ4v) is 6.69. The number of esters is 1. The van der Waals surface area contributed by atoms with Crippen LogP contribution >= 0.6 is 0 Å². The fourth-order valence-electron chi connectivity index (χ4n) is 6.69. The Labute approximate surface area is 196 Å². The predicted octanol–water partition coefficient (Wildman–Crippen LogP) is 4.44. The van der Waals surface area contributed by atoms with Gasteiger partial charge in [0.15, 0.2) is 0 Å². The molecule has 0 aromatic heterocycles. The second kappa shape index (κ2) is 7.62. The number of ether oxygens (including phenoxy) is 4. The minimum atomic E-state index is -1.07. The van der Waals surface area contributed by atoms with Gasteiger partial charge in [0, 0.05) is 32.4 Å². The molecule has 180 valence electrons. The van der Waals surface area contributed by atoms with Crippen molar-refractivity contribution in [2.45, 2.75) is 77.2 Å². The molecule has 1 aromatic rings. The maximum absolute atomic E-state index is 12.8. The van der Waals surface area contributed by atoms with E-state index in [4.69, 9.17) is 28.3 Å². The lowest BCUT2D eigenvalue weighted by Crippen LogP contribution is -2.65. The number of fused-ring (bicyclic) bond motifs is 1. The molecule has 1 aromatic carbocycles. The SMILES string of the molecule is COCC(CB1OC2CC3CC(C3(C)C)[C@]2(C)O1)c1ccc(OC)c2c1OC(C)(C)OC2=O. The third-order valence-electron chi connectivity index (χ3n) is 8.55. The van der Waals surface area contributed by atoms with Crippen LogP contribution in [-0.4, -0.2) is 51.4 Å². The van der Waals surface area contributed by atoms with E-state index < -0.39 is 11.8 Å². The van der Waals surface area contributed by atoms with Crippen molar-refractivity contribution in [1.82, 2.24) is 0 Å². The molecule has 7 nitrogen and oxygen atoms in total. The Kier molecular flexibility index (Phi) is 5.31. The molecule has 0 amide bonds. The van der Waals surface area contributed by atoms with Crippen LogP contribution in [0.4, 0.5) is 0 Å². The number of rotatable bonds is 6. The summed E-state index contributed by atoms with van der Waals surface area (Å²) in [6.07, 6.45) is 2.99. The molecule has 4 unspecified atom stereocenters. The number of carbonyl (C=O) groups is 1. The third-order valence-corrected chi connectivity index (χ3v) is 8.55. The summed E-state index contributed by atoms with van der Waals surface area (Å²) in [7, 11) is 2.87. The van der Waals surface area contributed by atoms with E-state index in [2.05, 4.69) is 20.8 Å². The first kappa shape index (κ1) is 23.0. The molecular formula is C25H35BO7. The van der Waals surface area contributed by atoms with Crippen LogP contribution in [-0.2, 0) is 18.8 Å². The van der Waals surface area contributed by atoms with E-state index in [-0.39, 0.29) is 24.7 Å². The van der Waals surface area contributed by atoms with E-state index in [1.165, 1.54) is 13.5 Å². The number of hydrogen-bond acceptors (Lipinski definition) is 7. The van der Waals surface area contributed by atoms with Crippen LogP contribution in [0.2, 0.25) is 6.32 Å². The van der Waals surface area contributed by atoms with Crippen LogP contribution in [0.15, 0.2) is 12.1 Å². The minimum absolute atomic E-state index is 0.0897. The predicted molar refractivity (Wildman–Crippen MR) is 123 cm³/mol. The summed E-state index contributed by atoms with van der Waals surface area (Å²) in [5.74, 6) is 0.512. The Morgan fingerprint density at radius 2 is 1.88 bits per heavy atom. The summed E-state index contributed by atoms with van der Waals surface area (Å²) < 4.78 is 35.8. The van der Waals surface area contributed by atoms with Gasteiger partial charge < -0.3 is 28.3 Å². The lowest BCUT2D eigenvalue weighted by molar-refractivity contribution is -0.199. The van der Waals surface area contributed by atoms with Crippen molar-refractivity contribution in [3.8, 4) is 11.5 Å². The van der Waals surface area contributed by atoms with Gasteiger partial charge in [0.1, 0.15) is 17.1 Å². The molecule has 4 fully saturated rings. The Morgan fingerprint density at radius 1 is 1.12 bits per heavy atom. The van der Waals surface area contributed by atoms with E-state index in [0.717, 1.165) is 12.0 Å². The normalized spacial score (nSPS) is 33.8. The topological polar surface area (TPSA) is 72.5 Å². The maximum Gasteiger partial charge on any atom is 0.458 e. The van der Waals surface area contributed by atoms with Crippen LogP contribution in [0.5, 0.6) is 11.5 Å². The molecule has 3 aliphatic carbocycles. The number of methoxy groups -OCH3 is 2. The average molecular weight is 458 g/mol. The molecular weight excluding hydrogens is 423 g/mol. The monoisotopic (exact) mass is 458 g/mol. The van der Waals surface area contributed by atoms with Gasteiger partial charge in [-0.25, -0.2) is 4.79 Å². The molecule has 8 heteroatoms. The Balaban J connectivity index is 1.44. The fraction of sp³-hybridized carbons (Fsp3) is 0.720. The van der Waals surface area contributed by atoms with Crippen molar-refractivity contribution in [2.24, 2.45) is 17.3 Å². The van der Waals surface area contributed by atoms with Gasteiger partial charge in [0.05, 0.1) is 25.4 Å². The minimum Gasteiger partial charge on any atom is -0.496 e. The zero-order valence-corrected chi connectivity index (χ0v) is 20.7. The van der Waals surface area contributed by atoms with Crippen molar-refractivity contribution in [2.75, 3.05) is 20.8 Å². The summed E-state index contributed by atoms with van der Waals surface area (Å²) in [6, 6.07) is 3.73. The Bertz CT molecular complexity index is 960. The quantitative estimate of drug-likeness (QED) is 0.461. The number of cyclic esters (lactones) is 1. The summed E-state index contributed by atoms with van der Waals surface area (Å²) in [4.78, 5) is 12.8. The van der Waals surface area contributed by atoms with Gasteiger partial charge in [-0.15, -0.1) is 0 Å². The Morgan fingerprint density at radius 3 is 2.55 bits per heavy atom. The first-order chi connectivity index (χ1) is 15.5. The van der Waals surface area contributed by atoms with Gasteiger partial charge >= 0.3 is 13.1 Å². The second-order valence-electron chi connectivity index (χ2n) is 11.2. The molecule has 2 heterocycles. The molecule has 0 radical (unpaired) electrons. The first-order valence-corrected chi connectivity index (χ1v) is 12.0. The van der Waals surface area contributed by atoms with Gasteiger partial charge in [-0.2, -0.15) is 0 Å². The van der Waals surface area contributed by atoms with Crippen LogP contribution in [0.1, 0.15) is 69.3 Å². The van der Waals surface area contributed by atoms with E-state index in [0.29, 0.717) is 47.2 Å². The van der Waals surface area contributed by atoms with E-state index >= 15 is 0 Å². The third kappa shape index (κ3) is 3.48. The lowest BCUT2D eigenvalue weighted by atomic mass is 9.43. The molecule has 0 N–H and O–H groups in total. The maximum atomic E-state index is 12.8. The van der Waals surface area contributed by atoms with Crippen molar-refractivity contribution in [3.05, 3.63) is 23.3 Å². The van der Waals surface area contributed by atoms with Gasteiger partial charge in [0.25, 0.3) is 0 Å². The van der Waals surface area contributed by atoms with E-state index in [1.54, 1.807) is 27.0 Å². The van der Waals surface area contributed by atoms with Crippen LogP contribution in [0.25, 0.3) is 0 Å². The van der Waals surface area contributed by atoms with Crippen molar-refractivity contribution in [1.29, 1.82) is 0 Å². The number of benzene rings is 1. The first-order valence-electron chi connectivity index (χ1n) is 12.0. The van der Waals surface area contributed by atoms with Gasteiger partial charge in [-0.1, -0.05) is 19.9 Å². The zero-order valence-electron chi connectivity index (χ0n) is 20.7. The molecule has 3 saturated carbocycles. The van der Waals surface area contributed by atoms with Crippen molar-refractivity contribution in [3.63, 3.8) is 0 Å².